The fourth-order valence-electron chi connectivity index (χ4n) is 2.85. The van der Waals surface area contributed by atoms with Crippen LogP contribution < -0.4 is 5.32 Å². The van der Waals surface area contributed by atoms with Gasteiger partial charge in [-0.3, -0.25) is 9.59 Å². The number of hydrogen-bond acceptors (Lipinski definition) is 2. The number of carbonyl (C=O) groups is 2. The van der Waals surface area contributed by atoms with Gasteiger partial charge in [0.25, 0.3) is 0 Å². The van der Waals surface area contributed by atoms with Gasteiger partial charge in [-0.1, -0.05) is 51.1 Å². The predicted molar refractivity (Wildman–Crippen MR) is 76.3 cm³/mol. The van der Waals surface area contributed by atoms with E-state index in [9.17, 15) is 9.59 Å². The van der Waals surface area contributed by atoms with Gasteiger partial charge in [0.05, 0.1) is 11.8 Å². The molecular weight excluding hydrogens is 254 g/mol. The van der Waals surface area contributed by atoms with Gasteiger partial charge in [-0.25, -0.2) is 0 Å². The molecule has 0 spiro atoms. The first-order valence-corrected chi connectivity index (χ1v) is 6.91. The second-order valence-corrected chi connectivity index (χ2v) is 6.17. The highest BCUT2D eigenvalue weighted by molar-refractivity contribution is 5.91. The van der Waals surface area contributed by atoms with Crippen LogP contribution >= 0.6 is 0 Å². The highest BCUT2D eigenvalue weighted by atomic mass is 16.4. The molecule has 1 fully saturated rings. The minimum absolute atomic E-state index is 0.148. The number of carboxylic acid groups (broad SMARTS) is 1. The number of aliphatic carboxylic acids is 1. The van der Waals surface area contributed by atoms with Gasteiger partial charge in [-0.05, 0) is 16.9 Å². The standard InChI is InChI=1S/C16H21NO3/c1-10(11-7-5-4-6-8-11)9-17-14(18)12-13(15(19)20)16(12,2)3/h4-8,10,12-13H,9H2,1-3H3,(H,17,18)(H,19,20). The van der Waals surface area contributed by atoms with Gasteiger partial charge in [0.2, 0.25) is 5.91 Å². The first-order valence-electron chi connectivity index (χ1n) is 6.91. The van der Waals surface area contributed by atoms with Crippen molar-refractivity contribution in [1.82, 2.24) is 5.32 Å². The van der Waals surface area contributed by atoms with E-state index >= 15 is 0 Å². The maximum absolute atomic E-state index is 12.1. The van der Waals surface area contributed by atoms with Crippen LogP contribution in [0.15, 0.2) is 30.3 Å². The first-order chi connectivity index (χ1) is 9.35. The van der Waals surface area contributed by atoms with Gasteiger partial charge in [-0.2, -0.15) is 0 Å². The summed E-state index contributed by atoms with van der Waals surface area (Å²) in [6.45, 7) is 6.23. The third kappa shape index (κ3) is 2.69. The lowest BCUT2D eigenvalue weighted by Crippen LogP contribution is -2.30. The Kier molecular flexibility index (Phi) is 3.84. The summed E-state index contributed by atoms with van der Waals surface area (Å²) in [6.07, 6.45) is 0. The summed E-state index contributed by atoms with van der Waals surface area (Å²) >= 11 is 0. The summed E-state index contributed by atoms with van der Waals surface area (Å²) < 4.78 is 0. The predicted octanol–water partition coefficient (Wildman–Crippen LogP) is 2.26. The van der Waals surface area contributed by atoms with E-state index in [1.54, 1.807) is 0 Å². The molecule has 0 heterocycles. The molecule has 108 valence electrons. The minimum atomic E-state index is -0.883. The maximum Gasteiger partial charge on any atom is 0.307 e. The Morgan fingerprint density at radius 3 is 2.35 bits per heavy atom. The summed E-state index contributed by atoms with van der Waals surface area (Å²) in [5.41, 5.74) is 0.726. The van der Waals surface area contributed by atoms with Crippen LogP contribution in [-0.2, 0) is 9.59 Å². The summed E-state index contributed by atoms with van der Waals surface area (Å²) in [4.78, 5) is 23.2. The molecule has 20 heavy (non-hydrogen) atoms. The number of amides is 1. The fraction of sp³-hybridized carbons (Fsp3) is 0.500. The summed E-state index contributed by atoms with van der Waals surface area (Å²) in [7, 11) is 0. The van der Waals surface area contributed by atoms with Crippen molar-refractivity contribution in [3.8, 4) is 0 Å². The highest BCUT2D eigenvalue weighted by Crippen LogP contribution is 2.58. The van der Waals surface area contributed by atoms with Gasteiger partial charge in [-0.15, -0.1) is 0 Å². The van der Waals surface area contributed by atoms with Crippen molar-refractivity contribution in [2.75, 3.05) is 6.54 Å². The van der Waals surface area contributed by atoms with E-state index in [2.05, 4.69) is 5.32 Å². The zero-order valence-corrected chi connectivity index (χ0v) is 12.1. The van der Waals surface area contributed by atoms with E-state index in [0.29, 0.717) is 6.54 Å². The number of rotatable bonds is 5. The van der Waals surface area contributed by atoms with Crippen LogP contribution in [0.1, 0.15) is 32.3 Å². The van der Waals surface area contributed by atoms with Gasteiger partial charge in [0.15, 0.2) is 0 Å². The Balaban J connectivity index is 1.89. The van der Waals surface area contributed by atoms with Gasteiger partial charge in [0, 0.05) is 6.54 Å². The Morgan fingerprint density at radius 2 is 1.85 bits per heavy atom. The SMILES string of the molecule is CC(CNC(=O)C1C(C(=O)O)C1(C)C)c1ccccc1. The average molecular weight is 275 g/mol. The first kappa shape index (κ1) is 14.6. The lowest BCUT2D eigenvalue weighted by molar-refractivity contribution is -0.140. The Hall–Kier alpha value is -1.84. The van der Waals surface area contributed by atoms with Crippen molar-refractivity contribution < 1.29 is 14.7 Å². The number of benzene rings is 1. The molecule has 1 aliphatic carbocycles. The monoisotopic (exact) mass is 275 g/mol. The van der Waals surface area contributed by atoms with Gasteiger partial charge in [0.1, 0.15) is 0 Å². The van der Waals surface area contributed by atoms with E-state index in [-0.39, 0.29) is 11.8 Å². The van der Waals surface area contributed by atoms with Crippen molar-refractivity contribution in [3.05, 3.63) is 35.9 Å². The van der Waals surface area contributed by atoms with E-state index in [1.165, 1.54) is 0 Å². The van der Waals surface area contributed by atoms with Gasteiger partial charge < -0.3 is 10.4 Å². The molecule has 3 atom stereocenters. The molecule has 1 aliphatic rings. The summed E-state index contributed by atoms with van der Waals surface area (Å²) in [5.74, 6) is -1.79. The van der Waals surface area contributed by atoms with E-state index in [1.807, 2.05) is 51.1 Å². The molecular formula is C16H21NO3. The van der Waals surface area contributed by atoms with Crippen LogP contribution in [0.2, 0.25) is 0 Å². The number of nitrogens with one attached hydrogen (secondary N) is 1. The number of carbonyl (C=O) groups excluding carboxylic acids is 1. The molecule has 0 radical (unpaired) electrons. The third-order valence-corrected chi connectivity index (χ3v) is 4.33. The third-order valence-electron chi connectivity index (χ3n) is 4.33. The van der Waals surface area contributed by atoms with Crippen LogP contribution in [0.3, 0.4) is 0 Å². The molecule has 4 nitrogen and oxygen atoms in total. The topological polar surface area (TPSA) is 66.4 Å². The molecule has 3 unspecified atom stereocenters. The van der Waals surface area contributed by atoms with Crippen LogP contribution in [0.25, 0.3) is 0 Å². The Labute approximate surface area is 119 Å². The van der Waals surface area contributed by atoms with Crippen molar-refractivity contribution in [2.45, 2.75) is 26.7 Å². The molecule has 0 bridgehead atoms. The zero-order chi connectivity index (χ0) is 14.9. The second kappa shape index (κ2) is 5.27. The molecule has 0 aromatic heterocycles. The van der Waals surface area contributed by atoms with Crippen molar-refractivity contribution in [1.29, 1.82) is 0 Å². The minimum Gasteiger partial charge on any atom is -0.481 e. The maximum atomic E-state index is 12.1. The number of hydrogen-bond donors (Lipinski definition) is 2. The molecule has 1 aromatic rings. The van der Waals surface area contributed by atoms with E-state index in [4.69, 9.17) is 5.11 Å². The Morgan fingerprint density at radius 1 is 1.25 bits per heavy atom. The molecule has 2 rings (SSSR count). The van der Waals surface area contributed by atoms with Crippen LogP contribution in [0.5, 0.6) is 0 Å². The summed E-state index contributed by atoms with van der Waals surface area (Å²) in [6, 6.07) is 9.95. The van der Waals surface area contributed by atoms with Crippen LogP contribution in [-0.4, -0.2) is 23.5 Å². The van der Waals surface area contributed by atoms with Crippen LogP contribution in [0, 0.1) is 17.3 Å². The number of carboxylic acids is 1. The summed E-state index contributed by atoms with van der Waals surface area (Å²) in [5, 5.41) is 12.0. The van der Waals surface area contributed by atoms with Crippen LogP contribution in [0.4, 0.5) is 0 Å². The molecule has 4 heteroatoms. The van der Waals surface area contributed by atoms with Crippen molar-refractivity contribution >= 4 is 11.9 Å². The fourth-order valence-corrected chi connectivity index (χ4v) is 2.85. The van der Waals surface area contributed by atoms with E-state index in [0.717, 1.165) is 5.56 Å². The molecule has 1 aromatic carbocycles. The molecule has 1 saturated carbocycles. The highest BCUT2D eigenvalue weighted by Gasteiger charge is 2.65. The second-order valence-electron chi connectivity index (χ2n) is 6.17. The van der Waals surface area contributed by atoms with Crippen molar-refractivity contribution in [2.24, 2.45) is 17.3 Å². The zero-order valence-electron chi connectivity index (χ0n) is 12.1. The van der Waals surface area contributed by atoms with Crippen molar-refractivity contribution in [3.63, 3.8) is 0 Å². The van der Waals surface area contributed by atoms with Gasteiger partial charge >= 0.3 is 5.97 Å². The lowest BCUT2D eigenvalue weighted by Gasteiger charge is -2.13. The molecule has 0 aliphatic heterocycles. The molecule has 2 N–H and O–H groups in total. The molecule has 1 amide bonds. The average Bonchev–Trinajstić information content (AvgIpc) is 3.00. The smallest absolute Gasteiger partial charge is 0.307 e. The largest absolute Gasteiger partial charge is 0.481 e. The molecule has 0 saturated heterocycles. The lowest BCUT2D eigenvalue weighted by atomic mass is 10.0. The normalized spacial score (nSPS) is 24.8. The Bertz CT molecular complexity index is 510. The van der Waals surface area contributed by atoms with E-state index < -0.39 is 23.2 Å². The quantitative estimate of drug-likeness (QED) is 0.866.